The first-order chi connectivity index (χ1) is 10.4. The molecule has 2 aromatic heterocycles. The van der Waals surface area contributed by atoms with Gasteiger partial charge in [0.1, 0.15) is 0 Å². The fourth-order valence-corrected chi connectivity index (χ4v) is 2.81. The lowest BCUT2D eigenvalue weighted by molar-refractivity contribution is 0.364. The first-order valence-corrected chi connectivity index (χ1v) is 7.29. The van der Waals surface area contributed by atoms with Crippen LogP contribution in [0.4, 0.5) is 0 Å². The Balaban J connectivity index is 1.61. The average Bonchev–Trinajstić information content (AvgIpc) is 3.19. The number of hydrogen-bond donors (Lipinski definition) is 1. The van der Waals surface area contributed by atoms with Crippen LogP contribution in [0.3, 0.4) is 0 Å². The maximum atomic E-state index is 5.38. The number of benzene rings is 1. The Labute approximate surface area is 122 Å². The van der Waals surface area contributed by atoms with Crippen molar-refractivity contribution >= 4 is 10.9 Å². The number of pyridine rings is 1. The highest BCUT2D eigenvalue weighted by Gasteiger charge is 2.18. The molecule has 106 valence electrons. The second-order valence-electron chi connectivity index (χ2n) is 5.42. The van der Waals surface area contributed by atoms with Crippen LogP contribution < -0.4 is 5.32 Å². The molecule has 0 radical (unpaired) electrons. The zero-order chi connectivity index (χ0) is 14.1. The van der Waals surface area contributed by atoms with E-state index in [0.717, 1.165) is 29.4 Å². The Bertz CT molecular complexity index is 762. The molecule has 1 atom stereocenters. The highest BCUT2D eigenvalue weighted by molar-refractivity contribution is 5.82. The van der Waals surface area contributed by atoms with Crippen LogP contribution in [0.2, 0.25) is 0 Å². The fraction of sp³-hybridized carbons (Fsp3) is 0.312. The Morgan fingerprint density at radius 2 is 2.29 bits per heavy atom. The molecule has 0 saturated carbocycles. The second kappa shape index (κ2) is 5.26. The van der Waals surface area contributed by atoms with E-state index in [1.165, 1.54) is 12.8 Å². The third kappa shape index (κ3) is 2.52. The van der Waals surface area contributed by atoms with Gasteiger partial charge < -0.3 is 9.84 Å². The summed E-state index contributed by atoms with van der Waals surface area (Å²) in [6.07, 6.45) is 5.01. The van der Waals surface area contributed by atoms with E-state index in [1.54, 1.807) is 6.20 Å². The third-order valence-corrected chi connectivity index (χ3v) is 3.91. The highest BCUT2D eigenvalue weighted by Crippen LogP contribution is 2.21. The smallest absolute Gasteiger partial charge is 0.228 e. The van der Waals surface area contributed by atoms with Gasteiger partial charge in [0.25, 0.3) is 0 Å². The minimum absolute atomic E-state index is 0.471. The van der Waals surface area contributed by atoms with Crippen molar-refractivity contribution in [3.63, 3.8) is 0 Å². The van der Waals surface area contributed by atoms with E-state index in [2.05, 4.69) is 20.4 Å². The highest BCUT2D eigenvalue weighted by atomic mass is 16.5. The van der Waals surface area contributed by atoms with Gasteiger partial charge in [-0.15, -0.1) is 0 Å². The van der Waals surface area contributed by atoms with Crippen LogP contribution in [0, 0.1) is 0 Å². The van der Waals surface area contributed by atoms with Gasteiger partial charge in [-0.2, -0.15) is 4.98 Å². The van der Waals surface area contributed by atoms with Crippen molar-refractivity contribution in [3.05, 3.63) is 42.4 Å². The molecule has 5 nitrogen and oxygen atoms in total. The van der Waals surface area contributed by atoms with Crippen LogP contribution in [-0.2, 0) is 6.42 Å². The molecule has 1 saturated heterocycles. The van der Waals surface area contributed by atoms with Gasteiger partial charge in [-0.3, -0.25) is 4.98 Å². The molecule has 1 fully saturated rings. The number of hydrogen-bond acceptors (Lipinski definition) is 5. The quantitative estimate of drug-likeness (QED) is 0.799. The molecule has 0 amide bonds. The molecule has 1 aliphatic heterocycles. The fourth-order valence-electron chi connectivity index (χ4n) is 2.81. The summed E-state index contributed by atoms with van der Waals surface area (Å²) < 4.78 is 5.38. The molecule has 1 aromatic carbocycles. The Hall–Kier alpha value is -2.27. The number of nitrogens with one attached hydrogen (secondary N) is 1. The SMILES string of the molecule is c1cnc2ccc(-c3noc(CC4CCCN4)n3)cc2c1. The van der Waals surface area contributed by atoms with Crippen LogP contribution in [0.5, 0.6) is 0 Å². The normalized spacial score (nSPS) is 18.4. The van der Waals surface area contributed by atoms with Crippen molar-refractivity contribution < 1.29 is 4.52 Å². The minimum atomic E-state index is 0.471. The van der Waals surface area contributed by atoms with Crippen LogP contribution in [-0.4, -0.2) is 27.7 Å². The molecule has 0 aliphatic carbocycles. The molecule has 3 aromatic rings. The zero-order valence-corrected chi connectivity index (χ0v) is 11.6. The van der Waals surface area contributed by atoms with Gasteiger partial charge in [-0.1, -0.05) is 11.2 Å². The first kappa shape index (κ1) is 12.5. The van der Waals surface area contributed by atoms with Crippen molar-refractivity contribution in [3.8, 4) is 11.4 Å². The zero-order valence-electron chi connectivity index (χ0n) is 11.6. The predicted octanol–water partition coefficient (Wildman–Crippen LogP) is 2.58. The van der Waals surface area contributed by atoms with Gasteiger partial charge in [-0.05, 0) is 43.7 Å². The molecule has 21 heavy (non-hydrogen) atoms. The van der Waals surface area contributed by atoms with Crippen molar-refractivity contribution in [2.24, 2.45) is 0 Å². The van der Waals surface area contributed by atoms with Crippen LogP contribution >= 0.6 is 0 Å². The summed E-state index contributed by atoms with van der Waals surface area (Å²) in [7, 11) is 0. The van der Waals surface area contributed by atoms with E-state index in [4.69, 9.17) is 4.52 Å². The number of nitrogens with zero attached hydrogens (tertiary/aromatic N) is 3. The number of aromatic nitrogens is 3. The van der Waals surface area contributed by atoms with Crippen molar-refractivity contribution in [2.45, 2.75) is 25.3 Å². The summed E-state index contributed by atoms with van der Waals surface area (Å²) in [5.41, 5.74) is 1.94. The van der Waals surface area contributed by atoms with Crippen molar-refractivity contribution in [1.82, 2.24) is 20.4 Å². The summed E-state index contributed by atoms with van der Waals surface area (Å²) in [6, 6.07) is 10.5. The van der Waals surface area contributed by atoms with Gasteiger partial charge in [0, 0.05) is 29.6 Å². The molecule has 1 unspecified atom stereocenters. The molecular weight excluding hydrogens is 264 g/mol. The van der Waals surface area contributed by atoms with Gasteiger partial charge in [0.05, 0.1) is 5.52 Å². The number of fused-ring (bicyclic) bond motifs is 1. The van der Waals surface area contributed by atoms with E-state index < -0.39 is 0 Å². The molecule has 4 rings (SSSR count). The Kier molecular flexibility index (Phi) is 3.12. The van der Waals surface area contributed by atoms with E-state index in [1.807, 2.05) is 30.3 Å². The largest absolute Gasteiger partial charge is 0.339 e. The van der Waals surface area contributed by atoms with Crippen molar-refractivity contribution in [1.29, 1.82) is 0 Å². The van der Waals surface area contributed by atoms with Gasteiger partial charge in [0.15, 0.2) is 0 Å². The molecule has 0 spiro atoms. The van der Waals surface area contributed by atoms with Crippen molar-refractivity contribution in [2.75, 3.05) is 6.54 Å². The maximum Gasteiger partial charge on any atom is 0.228 e. The number of rotatable bonds is 3. The molecule has 5 heteroatoms. The predicted molar refractivity (Wildman–Crippen MR) is 79.8 cm³/mol. The topological polar surface area (TPSA) is 63.8 Å². The molecule has 1 aliphatic rings. The van der Waals surface area contributed by atoms with Gasteiger partial charge in [0.2, 0.25) is 11.7 Å². The van der Waals surface area contributed by atoms with E-state index in [9.17, 15) is 0 Å². The van der Waals surface area contributed by atoms with E-state index in [0.29, 0.717) is 17.8 Å². The van der Waals surface area contributed by atoms with Crippen LogP contribution in [0.25, 0.3) is 22.3 Å². The van der Waals surface area contributed by atoms with Crippen LogP contribution in [0.15, 0.2) is 41.1 Å². The third-order valence-electron chi connectivity index (χ3n) is 3.91. The first-order valence-electron chi connectivity index (χ1n) is 7.29. The molecule has 1 N–H and O–H groups in total. The van der Waals surface area contributed by atoms with Gasteiger partial charge in [-0.25, -0.2) is 0 Å². The summed E-state index contributed by atoms with van der Waals surface area (Å²) >= 11 is 0. The lowest BCUT2D eigenvalue weighted by Gasteiger charge is -2.04. The average molecular weight is 280 g/mol. The van der Waals surface area contributed by atoms with Gasteiger partial charge >= 0.3 is 0 Å². The molecule has 3 heterocycles. The minimum Gasteiger partial charge on any atom is -0.339 e. The second-order valence-corrected chi connectivity index (χ2v) is 5.42. The monoisotopic (exact) mass is 280 g/mol. The lowest BCUT2D eigenvalue weighted by atomic mass is 10.1. The lowest BCUT2D eigenvalue weighted by Crippen LogP contribution is -2.23. The summed E-state index contributed by atoms with van der Waals surface area (Å²) in [5, 5.41) is 8.63. The standard InChI is InChI=1S/C16H16N4O/c1-3-11-9-12(5-6-14(11)18-8-1)16-19-15(21-20-16)10-13-4-2-7-17-13/h1,3,5-6,8-9,13,17H,2,4,7,10H2. The summed E-state index contributed by atoms with van der Waals surface area (Å²) in [5.74, 6) is 1.35. The Morgan fingerprint density at radius 3 is 3.19 bits per heavy atom. The summed E-state index contributed by atoms with van der Waals surface area (Å²) in [4.78, 5) is 8.83. The molecule has 0 bridgehead atoms. The summed E-state index contributed by atoms with van der Waals surface area (Å²) in [6.45, 7) is 1.09. The molecular formula is C16H16N4O. The van der Waals surface area contributed by atoms with Crippen LogP contribution in [0.1, 0.15) is 18.7 Å². The van der Waals surface area contributed by atoms with E-state index >= 15 is 0 Å². The Morgan fingerprint density at radius 1 is 1.29 bits per heavy atom. The van der Waals surface area contributed by atoms with E-state index in [-0.39, 0.29) is 0 Å². The maximum absolute atomic E-state index is 5.38.